The average Bonchev–Trinajstić information content (AvgIpc) is 2.68. The van der Waals surface area contributed by atoms with Crippen LogP contribution in [-0.2, 0) is 6.18 Å². The van der Waals surface area contributed by atoms with Crippen molar-refractivity contribution < 1.29 is 18.0 Å². The highest BCUT2D eigenvalue weighted by atomic mass is 19.4. The molecule has 1 saturated heterocycles. The molecule has 7 heteroatoms. The van der Waals surface area contributed by atoms with Gasteiger partial charge in [-0.1, -0.05) is 38.1 Å². The number of nitrogens with one attached hydrogen (secondary N) is 1. The number of amides is 2. The Bertz CT molecular complexity index is 810. The van der Waals surface area contributed by atoms with Crippen molar-refractivity contribution in [3.63, 3.8) is 0 Å². The molecular weight excluding hydrogens is 367 g/mol. The van der Waals surface area contributed by atoms with Crippen LogP contribution in [0.2, 0.25) is 0 Å². The molecule has 0 bridgehead atoms. The Morgan fingerprint density at radius 1 is 0.964 bits per heavy atom. The molecule has 1 aliphatic rings. The zero-order valence-electron chi connectivity index (χ0n) is 16.0. The number of halogens is 3. The first-order valence-electron chi connectivity index (χ1n) is 9.33. The maximum absolute atomic E-state index is 13.1. The lowest BCUT2D eigenvalue weighted by atomic mass is 10.0. The molecule has 1 heterocycles. The third-order valence-electron chi connectivity index (χ3n) is 4.97. The summed E-state index contributed by atoms with van der Waals surface area (Å²) in [6, 6.07) is 12.9. The SMILES string of the molecule is CC(C)c1ccc(N2CCN(C(=O)Nc3ccccc3C(F)(F)F)CC2)cc1. The number of hydrogen-bond donors (Lipinski definition) is 1. The molecule has 0 radical (unpaired) electrons. The van der Waals surface area contributed by atoms with Gasteiger partial charge in [0, 0.05) is 31.9 Å². The van der Waals surface area contributed by atoms with E-state index >= 15 is 0 Å². The van der Waals surface area contributed by atoms with E-state index in [0.29, 0.717) is 32.1 Å². The van der Waals surface area contributed by atoms with Gasteiger partial charge in [-0.15, -0.1) is 0 Å². The second-order valence-corrected chi connectivity index (χ2v) is 7.19. The molecular formula is C21H24F3N3O. The standard InChI is InChI=1S/C21H24F3N3O/c1-15(2)16-7-9-17(10-8-16)26-11-13-27(14-12-26)20(28)25-19-6-4-3-5-18(19)21(22,23)24/h3-10,15H,11-14H2,1-2H3,(H,25,28). The molecule has 0 unspecified atom stereocenters. The molecule has 2 aromatic carbocycles. The summed E-state index contributed by atoms with van der Waals surface area (Å²) in [7, 11) is 0. The number of para-hydroxylation sites is 1. The smallest absolute Gasteiger partial charge is 0.368 e. The number of carbonyl (C=O) groups excluding carboxylic acids is 1. The Morgan fingerprint density at radius 3 is 2.14 bits per heavy atom. The fourth-order valence-corrected chi connectivity index (χ4v) is 3.27. The number of alkyl halides is 3. The number of hydrogen-bond acceptors (Lipinski definition) is 2. The van der Waals surface area contributed by atoms with Crippen LogP contribution in [0.1, 0.15) is 30.9 Å². The summed E-state index contributed by atoms with van der Waals surface area (Å²) in [5.74, 6) is 0.467. The van der Waals surface area contributed by atoms with E-state index in [1.165, 1.54) is 23.8 Å². The summed E-state index contributed by atoms with van der Waals surface area (Å²) < 4.78 is 39.3. The van der Waals surface area contributed by atoms with Crippen LogP contribution < -0.4 is 10.2 Å². The van der Waals surface area contributed by atoms with Gasteiger partial charge in [0.2, 0.25) is 0 Å². The third kappa shape index (κ3) is 4.58. The zero-order valence-corrected chi connectivity index (χ0v) is 16.0. The van der Waals surface area contributed by atoms with E-state index in [1.54, 1.807) is 4.90 Å². The van der Waals surface area contributed by atoms with E-state index in [1.807, 2.05) is 0 Å². The molecule has 3 rings (SSSR count). The maximum atomic E-state index is 13.1. The number of rotatable bonds is 3. The van der Waals surface area contributed by atoms with Crippen LogP contribution in [-0.4, -0.2) is 37.1 Å². The van der Waals surface area contributed by atoms with Crippen molar-refractivity contribution in [3.05, 3.63) is 59.7 Å². The van der Waals surface area contributed by atoms with Crippen LogP contribution in [0.15, 0.2) is 48.5 Å². The number of benzene rings is 2. The van der Waals surface area contributed by atoms with Crippen LogP contribution >= 0.6 is 0 Å². The van der Waals surface area contributed by atoms with Gasteiger partial charge in [0.15, 0.2) is 0 Å². The van der Waals surface area contributed by atoms with E-state index in [-0.39, 0.29) is 5.69 Å². The quantitative estimate of drug-likeness (QED) is 0.782. The normalized spacial score (nSPS) is 15.1. The second-order valence-electron chi connectivity index (χ2n) is 7.19. The van der Waals surface area contributed by atoms with Crippen LogP contribution in [0.4, 0.5) is 29.3 Å². The van der Waals surface area contributed by atoms with Gasteiger partial charge in [-0.05, 0) is 35.7 Å². The first-order chi connectivity index (χ1) is 13.3. The van der Waals surface area contributed by atoms with Crippen molar-refractivity contribution in [2.45, 2.75) is 25.9 Å². The van der Waals surface area contributed by atoms with Crippen molar-refractivity contribution in [3.8, 4) is 0 Å². The van der Waals surface area contributed by atoms with Crippen molar-refractivity contribution >= 4 is 17.4 Å². The number of anilines is 2. The molecule has 2 aromatic rings. The first kappa shape index (κ1) is 20.0. The number of nitrogens with zero attached hydrogens (tertiary/aromatic N) is 2. The second kappa shape index (κ2) is 8.12. The molecule has 2 amide bonds. The Balaban J connectivity index is 1.60. The molecule has 1 N–H and O–H groups in total. The lowest BCUT2D eigenvalue weighted by Crippen LogP contribution is -2.50. The Labute approximate surface area is 162 Å². The van der Waals surface area contributed by atoms with E-state index in [9.17, 15) is 18.0 Å². The first-order valence-corrected chi connectivity index (χ1v) is 9.33. The lowest BCUT2D eigenvalue weighted by Gasteiger charge is -2.36. The fourth-order valence-electron chi connectivity index (χ4n) is 3.27. The minimum Gasteiger partial charge on any atom is -0.368 e. The van der Waals surface area contributed by atoms with E-state index in [0.717, 1.165) is 11.8 Å². The van der Waals surface area contributed by atoms with Crippen molar-refractivity contribution in [1.29, 1.82) is 0 Å². The summed E-state index contributed by atoms with van der Waals surface area (Å²) in [6.45, 7) is 6.45. The maximum Gasteiger partial charge on any atom is 0.418 e. The third-order valence-corrected chi connectivity index (χ3v) is 4.97. The van der Waals surface area contributed by atoms with Gasteiger partial charge in [-0.25, -0.2) is 4.79 Å². The predicted molar refractivity (Wildman–Crippen MR) is 105 cm³/mol. The molecule has 1 aliphatic heterocycles. The number of piperazine rings is 1. The van der Waals surface area contributed by atoms with Crippen molar-refractivity contribution in [2.24, 2.45) is 0 Å². The van der Waals surface area contributed by atoms with Gasteiger partial charge in [0.1, 0.15) is 0 Å². The fraction of sp³-hybridized carbons (Fsp3) is 0.381. The minimum atomic E-state index is -4.51. The predicted octanol–water partition coefficient (Wildman–Crippen LogP) is 5.18. The molecule has 0 saturated carbocycles. The summed E-state index contributed by atoms with van der Waals surface area (Å²) in [6.07, 6.45) is -4.51. The number of urea groups is 1. The Kier molecular flexibility index (Phi) is 5.82. The minimum absolute atomic E-state index is 0.216. The van der Waals surface area contributed by atoms with Gasteiger partial charge >= 0.3 is 12.2 Å². The summed E-state index contributed by atoms with van der Waals surface area (Å²) in [5.41, 5.74) is 1.30. The summed E-state index contributed by atoms with van der Waals surface area (Å²) >= 11 is 0. The van der Waals surface area contributed by atoms with E-state index in [2.05, 4.69) is 48.3 Å². The van der Waals surface area contributed by atoms with Gasteiger partial charge in [-0.2, -0.15) is 13.2 Å². The van der Waals surface area contributed by atoms with Crippen LogP contribution in [0.5, 0.6) is 0 Å². The highest BCUT2D eigenvalue weighted by Crippen LogP contribution is 2.34. The lowest BCUT2D eigenvalue weighted by molar-refractivity contribution is -0.136. The van der Waals surface area contributed by atoms with Gasteiger partial charge < -0.3 is 15.1 Å². The highest BCUT2D eigenvalue weighted by Gasteiger charge is 2.34. The molecule has 0 atom stereocenters. The Morgan fingerprint density at radius 2 is 1.57 bits per heavy atom. The molecule has 1 fully saturated rings. The Hall–Kier alpha value is -2.70. The molecule has 0 aliphatic carbocycles. The zero-order chi connectivity index (χ0) is 20.3. The molecule has 28 heavy (non-hydrogen) atoms. The monoisotopic (exact) mass is 391 g/mol. The molecule has 0 aromatic heterocycles. The number of carbonyl (C=O) groups is 1. The van der Waals surface area contributed by atoms with Crippen LogP contribution in [0.3, 0.4) is 0 Å². The molecule has 0 spiro atoms. The highest BCUT2D eigenvalue weighted by molar-refractivity contribution is 5.90. The largest absolute Gasteiger partial charge is 0.418 e. The average molecular weight is 391 g/mol. The van der Waals surface area contributed by atoms with E-state index < -0.39 is 17.8 Å². The molecule has 150 valence electrons. The summed E-state index contributed by atoms with van der Waals surface area (Å²) in [4.78, 5) is 16.2. The van der Waals surface area contributed by atoms with E-state index in [4.69, 9.17) is 0 Å². The van der Waals surface area contributed by atoms with Gasteiger partial charge in [-0.3, -0.25) is 0 Å². The van der Waals surface area contributed by atoms with Crippen LogP contribution in [0.25, 0.3) is 0 Å². The topological polar surface area (TPSA) is 35.6 Å². The summed E-state index contributed by atoms with van der Waals surface area (Å²) in [5, 5.41) is 2.41. The molecule has 4 nitrogen and oxygen atoms in total. The van der Waals surface area contributed by atoms with Crippen molar-refractivity contribution in [2.75, 3.05) is 36.4 Å². The van der Waals surface area contributed by atoms with Gasteiger partial charge in [0.25, 0.3) is 0 Å². The van der Waals surface area contributed by atoms with Crippen LogP contribution in [0, 0.1) is 0 Å². The van der Waals surface area contributed by atoms with Gasteiger partial charge in [0.05, 0.1) is 11.3 Å². The van der Waals surface area contributed by atoms with Crippen molar-refractivity contribution in [1.82, 2.24) is 4.90 Å².